The molecule has 2 unspecified atom stereocenters. The molecule has 1 amide bonds. The van der Waals surface area contributed by atoms with Crippen molar-refractivity contribution in [2.45, 2.75) is 24.7 Å². The number of amides is 1. The molecule has 0 aliphatic carbocycles. The zero-order valence-electron chi connectivity index (χ0n) is 13.5. The highest BCUT2D eigenvalue weighted by atomic mass is 19.4. The third-order valence-electron chi connectivity index (χ3n) is 4.24. The van der Waals surface area contributed by atoms with Crippen LogP contribution >= 0.6 is 0 Å². The molecule has 136 valence electrons. The number of hydrogen-bond acceptors (Lipinski definition) is 6. The number of aromatic nitrogens is 1. The van der Waals surface area contributed by atoms with Crippen molar-refractivity contribution in [3.8, 4) is 0 Å². The van der Waals surface area contributed by atoms with E-state index in [0.29, 0.717) is 13.1 Å². The number of alkyl halides is 3. The van der Waals surface area contributed by atoms with E-state index in [-0.39, 0.29) is 0 Å². The average molecular weight is 350 g/mol. The van der Waals surface area contributed by atoms with Crippen molar-refractivity contribution in [3.05, 3.63) is 18.4 Å². The van der Waals surface area contributed by atoms with E-state index in [1.165, 1.54) is 0 Å². The zero-order valence-corrected chi connectivity index (χ0v) is 13.5. The van der Waals surface area contributed by atoms with Gasteiger partial charge in [-0.2, -0.15) is 13.2 Å². The molecule has 0 bridgehead atoms. The molecule has 1 aliphatic heterocycles. The predicted octanol–water partition coefficient (Wildman–Crippen LogP) is 0.177. The van der Waals surface area contributed by atoms with Crippen LogP contribution in [0.25, 0.3) is 0 Å². The molecule has 2 N–H and O–H groups in total. The van der Waals surface area contributed by atoms with E-state index in [1.807, 2.05) is 11.9 Å². The summed E-state index contributed by atoms with van der Waals surface area (Å²) in [5.41, 5.74) is -3.37. The Morgan fingerprint density at radius 2 is 2.04 bits per heavy atom. The second kappa shape index (κ2) is 7.08. The predicted molar refractivity (Wildman–Crippen MR) is 78.0 cm³/mol. The number of hydrogen-bond donors (Lipinski definition) is 2. The van der Waals surface area contributed by atoms with Crippen LogP contribution < -0.4 is 5.32 Å². The van der Waals surface area contributed by atoms with E-state index < -0.39 is 36.2 Å². The smallest absolute Gasteiger partial charge is 0.428 e. The molecule has 2 rings (SSSR count). The van der Waals surface area contributed by atoms with Crippen LogP contribution in [-0.2, 0) is 10.4 Å². The highest BCUT2D eigenvalue weighted by Gasteiger charge is 2.58. The summed E-state index contributed by atoms with van der Waals surface area (Å²) in [6, 6.07) is -0.597. The summed E-state index contributed by atoms with van der Waals surface area (Å²) in [6.07, 6.45) is -3.11. The molecular formula is C14H21F3N4O3. The van der Waals surface area contributed by atoms with Crippen LogP contribution in [-0.4, -0.2) is 77.8 Å². The maximum atomic E-state index is 13.2. The summed E-state index contributed by atoms with van der Waals surface area (Å²) < 4.78 is 44.2. The Hall–Kier alpha value is -1.65. The molecule has 1 saturated heterocycles. The molecule has 7 nitrogen and oxygen atoms in total. The van der Waals surface area contributed by atoms with Crippen LogP contribution in [0.3, 0.4) is 0 Å². The van der Waals surface area contributed by atoms with Crippen molar-refractivity contribution in [2.75, 3.05) is 39.8 Å². The summed E-state index contributed by atoms with van der Waals surface area (Å²) in [6.45, 7) is 3.41. The molecule has 1 aliphatic rings. The molecule has 10 heteroatoms. The van der Waals surface area contributed by atoms with Crippen molar-refractivity contribution in [3.63, 3.8) is 0 Å². The van der Waals surface area contributed by atoms with Gasteiger partial charge in [0.15, 0.2) is 0 Å². The number of oxazole rings is 1. The van der Waals surface area contributed by atoms with Gasteiger partial charge in [0.25, 0.3) is 5.60 Å². The van der Waals surface area contributed by atoms with Gasteiger partial charge in [-0.05, 0) is 14.0 Å². The quantitative estimate of drug-likeness (QED) is 0.788. The topological polar surface area (TPSA) is 81.8 Å². The van der Waals surface area contributed by atoms with Crippen molar-refractivity contribution >= 4 is 5.91 Å². The normalized spacial score (nSPS) is 21.2. The van der Waals surface area contributed by atoms with Gasteiger partial charge in [0.1, 0.15) is 6.26 Å². The molecule has 0 radical (unpaired) electrons. The number of halogens is 3. The highest BCUT2D eigenvalue weighted by Crippen LogP contribution is 2.37. The van der Waals surface area contributed by atoms with Crippen LogP contribution in [0.2, 0.25) is 0 Å². The third-order valence-corrected chi connectivity index (χ3v) is 4.24. The van der Waals surface area contributed by atoms with E-state index in [1.54, 1.807) is 6.92 Å². The molecule has 1 aromatic rings. The number of piperazine rings is 1. The van der Waals surface area contributed by atoms with Crippen molar-refractivity contribution < 1.29 is 27.5 Å². The van der Waals surface area contributed by atoms with Crippen LogP contribution in [0.1, 0.15) is 12.8 Å². The van der Waals surface area contributed by atoms with Crippen LogP contribution in [0.5, 0.6) is 0 Å². The van der Waals surface area contributed by atoms with E-state index in [0.717, 1.165) is 25.5 Å². The lowest BCUT2D eigenvalue weighted by Gasteiger charge is -2.36. The number of nitrogens with one attached hydrogen (secondary N) is 1. The number of carbonyl (C=O) groups excluding carboxylic acids is 1. The maximum Gasteiger partial charge on any atom is 0.428 e. The molecule has 2 heterocycles. The van der Waals surface area contributed by atoms with E-state index >= 15 is 0 Å². The number of nitrogens with zero attached hydrogens (tertiary/aromatic N) is 3. The second-order valence-electron chi connectivity index (χ2n) is 5.93. The van der Waals surface area contributed by atoms with Gasteiger partial charge < -0.3 is 19.7 Å². The van der Waals surface area contributed by atoms with Crippen molar-refractivity contribution in [1.82, 2.24) is 20.1 Å². The van der Waals surface area contributed by atoms with Gasteiger partial charge in [-0.15, -0.1) is 0 Å². The van der Waals surface area contributed by atoms with E-state index in [9.17, 15) is 23.1 Å². The minimum atomic E-state index is -5.04. The fourth-order valence-corrected chi connectivity index (χ4v) is 2.46. The standard InChI is InChI=1S/C14H21F3N4O3/c1-10(21-6-4-20(2)5-7-21)11(22)19-9-13(23,14(15,16)17)12-18-3-8-24-12/h3,8,10,23H,4-7,9H2,1-2H3,(H,19,22). The maximum absolute atomic E-state index is 13.2. The first-order valence-corrected chi connectivity index (χ1v) is 7.54. The molecule has 0 saturated carbocycles. The lowest BCUT2D eigenvalue weighted by atomic mass is 10.0. The van der Waals surface area contributed by atoms with Gasteiger partial charge in [-0.25, -0.2) is 4.98 Å². The fraction of sp³-hybridized carbons (Fsp3) is 0.714. The first-order chi connectivity index (χ1) is 11.1. The van der Waals surface area contributed by atoms with Crippen LogP contribution in [0.15, 0.2) is 16.9 Å². The second-order valence-corrected chi connectivity index (χ2v) is 5.93. The lowest BCUT2D eigenvalue weighted by molar-refractivity contribution is -0.271. The van der Waals surface area contributed by atoms with Crippen LogP contribution in [0, 0.1) is 0 Å². The monoisotopic (exact) mass is 350 g/mol. The van der Waals surface area contributed by atoms with Gasteiger partial charge >= 0.3 is 6.18 Å². The Morgan fingerprint density at radius 1 is 1.42 bits per heavy atom. The number of carbonyl (C=O) groups is 1. The summed E-state index contributed by atoms with van der Waals surface area (Å²) in [5.74, 6) is -1.49. The minimum Gasteiger partial charge on any atom is -0.446 e. The Morgan fingerprint density at radius 3 is 2.54 bits per heavy atom. The summed E-state index contributed by atoms with van der Waals surface area (Å²) >= 11 is 0. The molecule has 0 aromatic carbocycles. The van der Waals surface area contributed by atoms with Crippen LogP contribution in [0.4, 0.5) is 13.2 Å². The lowest BCUT2D eigenvalue weighted by Crippen LogP contribution is -2.56. The number of aliphatic hydroxyl groups is 1. The summed E-state index contributed by atoms with van der Waals surface area (Å²) in [4.78, 5) is 19.5. The summed E-state index contributed by atoms with van der Waals surface area (Å²) in [7, 11) is 1.96. The first kappa shape index (κ1) is 18.7. The minimum absolute atomic E-state index is 0.589. The van der Waals surface area contributed by atoms with Gasteiger partial charge in [0.2, 0.25) is 11.8 Å². The molecule has 2 atom stereocenters. The SMILES string of the molecule is CC(C(=O)NCC(O)(c1ncco1)C(F)(F)F)N1CCN(C)CC1. The molecule has 24 heavy (non-hydrogen) atoms. The molecule has 0 spiro atoms. The largest absolute Gasteiger partial charge is 0.446 e. The average Bonchev–Trinajstić information content (AvgIpc) is 3.06. The van der Waals surface area contributed by atoms with Gasteiger partial charge in [0, 0.05) is 26.2 Å². The van der Waals surface area contributed by atoms with E-state index in [4.69, 9.17) is 0 Å². The van der Waals surface area contributed by atoms with E-state index in [2.05, 4.69) is 19.6 Å². The third kappa shape index (κ3) is 3.87. The highest BCUT2D eigenvalue weighted by molar-refractivity contribution is 5.81. The first-order valence-electron chi connectivity index (χ1n) is 7.54. The Bertz CT molecular complexity index is 544. The fourth-order valence-electron chi connectivity index (χ4n) is 2.46. The van der Waals surface area contributed by atoms with Gasteiger partial charge in [-0.3, -0.25) is 9.69 Å². The number of likely N-dealkylation sites (N-methyl/N-ethyl adjacent to an activating group) is 1. The molecule has 1 fully saturated rings. The number of rotatable bonds is 5. The Balaban J connectivity index is 2.00. The Labute approximate surface area is 137 Å². The van der Waals surface area contributed by atoms with Crippen molar-refractivity contribution in [2.24, 2.45) is 0 Å². The Kier molecular flexibility index (Phi) is 5.51. The van der Waals surface area contributed by atoms with Crippen molar-refractivity contribution in [1.29, 1.82) is 0 Å². The van der Waals surface area contributed by atoms with Gasteiger partial charge in [-0.1, -0.05) is 0 Å². The molecule has 1 aromatic heterocycles. The zero-order chi connectivity index (χ0) is 18.0. The molecular weight excluding hydrogens is 329 g/mol. The summed E-state index contributed by atoms with van der Waals surface area (Å²) in [5, 5.41) is 12.1. The van der Waals surface area contributed by atoms with Gasteiger partial charge in [0.05, 0.1) is 18.8 Å².